The van der Waals surface area contributed by atoms with E-state index in [0.29, 0.717) is 5.88 Å². The maximum Gasteiger partial charge on any atom is 0.235 e. The summed E-state index contributed by atoms with van der Waals surface area (Å²) < 4.78 is 7.24. The smallest absolute Gasteiger partial charge is 0.235 e. The molecule has 0 spiro atoms. The van der Waals surface area contributed by atoms with Gasteiger partial charge in [-0.15, -0.1) is 23.1 Å². The number of benzene rings is 1. The molecule has 1 aromatic carbocycles. The summed E-state index contributed by atoms with van der Waals surface area (Å²) in [6, 6.07) is 8.54. The first-order valence-corrected chi connectivity index (χ1v) is 12.0. The maximum absolute atomic E-state index is 12.2. The Morgan fingerprint density at radius 3 is 2.59 bits per heavy atom. The molecule has 0 N–H and O–H groups in total. The van der Waals surface area contributed by atoms with Crippen LogP contribution in [-0.2, 0) is 4.79 Å². The SMILES string of the molecule is CSc1ccc(-c2csc3c(OC4CCN(C(=O)C(C)C)CC4)ncnc23)cc1. The Kier molecular flexibility index (Phi) is 6.06. The van der Waals surface area contributed by atoms with Crippen molar-refractivity contribution >= 4 is 39.2 Å². The summed E-state index contributed by atoms with van der Waals surface area (Å²) in [6.45, 7) is 5.39. The van der Waals surface area contributed by atoms with Crippen molar-refractivity contribution in [3.05, 3.63) is 36.0 Å². The minimum atomic E-state index is 0.0449. The highest BCUT2D eigenvalue weighted by Crippen LogP contribution is 2.37. The van der Waals surface area contributed by atoms with E-state index in [1.807, 2.05) is 18.7 Å². The number of likely N-dealkylation sites (tertiary alicyclic amines) is 1. The first-order chi connectivity index (χ1) is 14.1. The average molecular weight is 428 g/mol. The molecule has 0 unspecified atom stereocenters. The van der Waals surface area contributed by atoms with Gasteiger partial charge in [0.25, 0.3) is 0 Å². The normalized spacial score (nSPS) is 15.2. The molecule has 3 aromatic rings. The van der Waals surface area contributed by atoms with Crippen LogP contribution in [0.15, 0.2) is 40.9 Å². The quantitative estimate of drug-likeness (QED) is 0.530. The summed E-state index contributed by atoms with van der Waals surface area (Å²) in [6.07, 6.45) is 5.41. The van der Waals surface area contributed by atoms with Crippen LogP contribution in [0.5, 0.6) is 5.88 Å². The molecule has 1 amide bonds. The van der Waals surface area contributed by atoms with Gasteiger partial charge in [0.2, 0.25) is 11.8 Å². The van der Waals surface area contributed by atoms with Gasteiger partial charge in [-0.1, -0.05) is 26.0 Å². The number of amides is 1. The first kappa shape index (κ1) is 20.2. The Labute approximate surface area is 179 Å². The van der Waals surface area contributed by atoms with E-state index in [1.54, 1.807) is 29.4 Å². The number of thioether (sulfide) groups is 1. The van der Waals surface area contributed by atoms with Gasteiger partial charge in [0.1, 0.15) is 17.1 Å². The largest absolute Gasteiger partial charge is 0.473 e. The summed E-state index contributed by atoms with van der Waals surface area (Å²) in [5.41, 5.74) is 3.20. The second-order valence-corrected chi connectivity index (χ2v) is 9.29. The van der Waals surface area contributed by atoms with Crippen molar-refractivity contribution in [3.63, 3.8) is 0 Å². The molecule has 1 aliphatic rings. The lowest BCUT2D eigenvalue weighted by Crippen LogP contribution is -2.43. The molecular weight excluding hydrogens is 402 g/mol. The molecule has 29 heavy (non-hydrogen) atoms. The van der Waals surface area contributed by atoms with Crippen LogP contribution in [0.3, 0.4) is 0 Å². The summed E-state index contributed by atoms with van der Waals surface area (Å²) >= 11 is 3.36. The molecule has 0 radical (unpaired) electrons. The second kappa shape index (κ2) is 8.71. The summed E-state index contributed by atoms with van der Waals surface area (Å²) in [5.74, 6) is 0.923. The molecule has 5 nitrogen and oxygen atoms in total. The molecule has 152 valence electrons. The van der Waals surface area contributed by atoms with Crippen molar-refractivity contribution in [1.82, 2.24) is 14.9 Å². The van der Waals surface area contributed by atoms with Crippen LogP contribution in [0, 0.1) is 5.92 Å². The van der Waals surface area contributed by atoms with E-state index in [9.17, 15) is 4.79 Å². The monoisotopic (exact) mass is 427 g/mol. The van der Waals surface area contributed by atoms with E-state index < -0.39 is 0 Å². The fourth-order valence-electron chi connectivity index (χ4n) is 3.61. The Hall–Kier alpha value is -2.12. The van der Waals surface area contributed by atoms with Gasteiger partial charge in [-0.25, -0.2) is 9.97 Å². The van der Waals surface area contributed by atoms with Gasteiger partial charge in [-0.3, -0.25) is 4.79 Å². The number of piperidine rings is 1. The number of hydrogen-bond acceptors (Lipinski definition) is 6. The number of hydrogen-bond donors (Lipinski definition) is 0. The minimum Gasteiger partial charge on any atom is -0.473 e. The van der Waals surface area contributed by atoms with E-state index >= 15 is 0 Å². The van der Waals surface area contributed by atoms with Crippen LogP contribution in [0.2, 0.25) is 0 Å². The molecule has 0 saturated carbocycles. The van der Waals surface area contributed by atoms with Crippen molar-refractivity contribution < 1.29 is 9.53 Å². The standard InChI is InChI=1S/C22H25N3O2S2/c1-14(2)22(26)25-10-8-16(9-11-25)27-21-20-19(23-13-24-21)18(12-29-20)15-4-6-17(28-3)7-5-15/h4-7,12-14,16H,8-11H2,1-3H3. The van der Waals surface area contributed by atoms with Crippen LogP contribution < -0.4 is 4.74 Å². The molecule has 1 fully saturated rings. The molecule has 0 atom stereocenters. The molecule has 3 heterocycles. The average Bonchev–Trinajstić information content (AvgIpc) is 3.19. The topological polar surface area (TPSA) is 55.3 Å². The third-order valence-electron chi connectivity index (χ3n) is 5.25. The Balaban J connectivity index is 1.51. The highest BCUT2D eigenvalue weighted by molar-refractivity contribution is 7.98. The number of fused-ring (bicyclic) bond motifs is 1. The third kappa shape index (κ3) is 4.26. The lowest BCUT2D eigenvalue weighted by Gasteiger charge is -2.33. The maximum atomic E-state index is 12.2. The number of ether oxygens (including phenoxy) is 1. The van der Waals surface area contributed by atoms with Gasteiger partial charge in [0.05, 0.1) is 5.52 Å². The lowest BCUT2D eigenvalue weighted by molar-refractivity contribution is -0.136. The minimum absolute atomic E-state index is 0.0449. The first-order valence-electron chi connectivity index (χ1n) is 9.89. The fourth-order valence-corrected chi connectivity index (χ4v) is 4.97. The van der Waals surface area contributed by atoms with Gasteiger partial charge in [-0.2, -0.15) is 0 Å². The van der Waals surface area contributed by atoms with Gasteiger partial charge < -0.3 is 9.64 Å². The van der Waals surface area contributed by atoms with Crippen molar-refractivity contribution in [1.29, 1.82) is 0 Å². The van der Waals surface area contributed by atoms with Crippen molar-refractivity contribution in [2.45, 2.75) is 37.7 Å². The lowest BCUT2D eigenvalue weighted by atomic mass is 10.1. The van der Waals surface area contributed by atoms with Gasteiger partial charge in [0.15, 0.2) is 0 Å². The zero-order chi connectivity index (χ0) is 20.4. The molecule has 7 heteroatoms. The molecule has 1 saturated heterocycles. The van der Waals surface area contributed by atoms with Crippen LogP contribution in [0.1, 0.15) is 26.7 Å². The van der Waals surface area contributed by atoms with E-state index in [2.05, 4.69) is 45.9 Å². The Morgan fingerprint density at radius 1 is 1.21 bits per heavy atom. The van der Waals surface area contributed by atoms with Crippen LogP contribution in [-0.4, -0.2) is 46.2 Å². The molecule has 2 aromatic heterocycles. The number of nitrogens with zero attached hydrogens (tertiary/aromatic N) is 3. The molecule has 0 bridgehead atoms. The second-order valence-electron chi connectivity index (χ2n) is 7.53. The van der Waals surface area contributed by atoms with Crippen LogP contribution in [0.4, 0.5) is 0 Å². The predicted octanol–water partition coefficient (Wildman–Crippen LogP) is 5.11. The zero-order valence-corrected chi connectivity index (χ0v) is 18.6. The highest BCUT2D eigenvalue weighted by Gasteiger charge is 2.26. The number of thiophene rings is 1. The molecule has 0 aliphatic carbocycles. The van der Waals surface area contributed by atoms with E-state index in [-0.39, 0.29) is 17.9 Å². The highest BCUT2D eigenvalue weighted by atomic mass is 32.2. The van der Waals surface area contributed by atoms with Gasteiger partial charge in [-0.05, 0) is 24.0 Å². The van der Waals surface area contributed by atoms with Crippen molar-refractivity contribution in [2.75, 3.05) is 19.3 Å². The number of rotatable bonds is 5. The van der Waals surface area contributed by atoms with Crippen molar-refractivity contribution in [2.24, 2.45) is 5.92 Å². The number of aromatic nitrogens is 2. The molecule has 4 rings (SSSR count). The summed E-state index contributed by atoms with van der Waals surface area (Å²) in [4.78, 5) is 24.3. The molecular formula is C22H25N3O2S2. The van der Waals surface area contributed by atoms with Crippen LogP contribution in [0.25, 0.3) is 21.3 Å². The van der Waals surface area contributed by atoms with E-state index in [1.165, 1.54) is 4.90 Å². The number of carbonyl (C=O) groups excluding carboxylic acids is 1. The van der Waals surface area contributed by atoms with Gasteiger partial charge >= 0.3 is 0 Å². The van der Waals surface area contributed by atoms with Crippen LogP contribution >= 0.6 is 23.1 Å². The molecule has 1 aliphatic heterocycles. The van der Waals surface area contributed by atoms with E-state index in [4.69, 9.17) is 4.74 Å². The fraction of sp³-hybridized carbons (Fsp3) is 0.409. The Morgan fingerprint density at radius 2 is 1.93 bits per heavy atom. The van der Waals surface area contributed by atoms with Crippen molar-refractivity contribution in [3.8, 4) is 17.0 Å². The predicted molar refractivity (Wildman–Crippen MR) is 120 cm³/mol. The third-order valence-corrected chi connectivity index (χ3v) is 6.95. The van der Waals surface area contributed by atoms with E-state index in [0.717, 1.165) is 47.3 Å². The number of carbonyl (C=O) groups is 1. The Bertz CT molecular complexity index is 993. The summed E-state index contributed by atoms with van der Waals surface area (Å²) in [5, 5.41) is 2.13. The summed E-state index contributed by atoms with van der Waals surface area (Å²) in [7, 11) is 0. The zero-order valence-electron chi connectivity index (χ0n) is 16.9. The van der Waals surface area contributed by atoms with Gasteiger partial charge in [0, 0.05) is 47.7 Å².